The molecule has 2 fully saturated rings. The monoisotopic (exact) mass is 359 g/mol. The molecule has 26 heavy (non-hydrogen) atoms. The van der Waals surface area contributed by atoms with E-state index in [0.29, 0.717) is 38.2 Å². The minimum Gasteiger partial charge on any atom is -0.481 e. The van der Waals surface area contributed by atoms with E-state index in [1.54, 1.807) is 11.8 Å². The number of hydrogen-bond acceptors (Lipinski definition) is 4. The van der Waals surface area contributed by atoms with Crippen molar-refractivity contribution in [2.45, 2.75) is 44.8 Å². The maximum Gasteiger partial charge on any atom is 0.325 e. The number of nitrogens with zero attached hydrogens (tertiary/aromatic N) is 2. The number of piperidine rings is 1. The van der Waals surface area contributed by atoms with E-state index in [4.69, 9.17) is 4.74 Å². The van der Waals surface area contributed by atoms with E-state index in [-0.39, 0.29) is 17.8 Å². The molecule has 1 N–H and O–H groups in total. The fourth-order valence-electron chi connectivity index (χ4n) is 3.56. The van der Waals surface area contributed by atoms with E-state index in [1.807, 2.05) is 37.3 Å². The van der Waals surface area contributed by atoms with Crippen molar-refractivity contribution >= 4 is 17.8 Å². The average Bonchev–Trinajstić information content (AvgIpc) is 2.87. The van der Waals surface area contributed by atoms with Crippen LogP contribution in [0.3, 0.4) is 0 Å². The number of carbonyl (C=O) groups is 3. The van der Waals surface area contributed by atoms with Crippen LogP contribution in [0, 0.1) is 0 Å². The fourth-order valence-corrected chi connectivity index (χ4v) is 3.56. The fraction of sp³-hybridized carbons (Fsp3) is 0.526. The highest BCUT2D eigenvalue weighted by atomic mass is 16.5. The summed E-state index contributed by atoms with van der Waals surface area (Å²) in [6.07, 6.45) is 0.995. The van der Waals surface area contributed by atoms with Gasteiger partial charge in [-0.25, -0.2) is 4.79 Å². The highest BCUT2D eigenvalue weighted by Crippen LogP contribution is 2.30. The van der Waals surface area contributed by atoms with Gasteiger partial charge in [-0.2, -0.15) is 0 Å². The zero-order valence-electron chi connectivity index (χ0n) is 15.2. The second-order valence-electron chi connectivity index (χ2n) is 6.87. The molecule has 1 atom stereocenters. The second-order valence-corrected chi connectivity index (χ2v) is 6.87. The highest BCUT2D eigenvalue weighted by Gasteiger charge is 2.52. The lowest BCUT2D eigenvalue weighted by Crippen LogP contribution is -2.57. The zero-order chi connectivity index (χ0) is 18.7. The zero-order valence-corrected chi connectivity index (χ0v) is 15.2. The van der Waals surface area contributed by atoms with Crippen molar-refractivity contribution in [3.8, 4) is 5.75 Å². The Morgan fingerprint density at radius 2 is 1.88 bits per heavy atom. The van der Waals surface area contributed by atoms with E-state index in [9.17, 15) is 14.4 Å². The number of nitrogens with one attached hydrogen (secondary N) is 1. The normalized spacial score (nSPS) is 20.2. The molecular weight excluding hydrogens is 334 g/mol. The van der Waals surface area contributed by atoms with Crippen LogP contribution in [0.2, 0.25) is 0 Å². The Labute approximate surface area is 153 Å². The van der Waals surface area contributed by atoms with E-state index in [0.717, 1.165) is 6.42 Å². The number of para-hydroxylation sites is 1. The van der Waals surface area contributed by atoms with Crippen LogP contribution in [0.5, 0.6) is 5.75 Å². The molecule has 2 aliphatic heterocycles. The number of carbonyl (C=O) groups excluding carboxylic acids is 3. The lowest BCUT2D eigenvalue weighted by molar-refractivity contribution is -0.142. The molecule has 1 unspecified atom stereocenters. The summed E-state index contributed by atoms with van der Waals surface area (Å²) in [6.45, 7) is 4.93. The summed E-state index contributed by atoms with van der Waals surface area (Å²) in [4.78, 5) is 40.4. The molecule has 1 spiro atoms. The standard InChI is InChI=1S/C19H25N3O4/c1-3-11-22-17(24)19(20-18(22)25)9-12-21(13-10-19)16(23)14(2)26-15-7-5-4-6-8-15/h4-8,14H,3,9-13H2,1-2H3,(H,20,25). The molecule has 1 aromatic carbocycles. The summed E-state index contributed by atoms with van der Waals surface area (Å²) in [5, 5.41) is 2.85. The predicted molar refractivity (Wildman–Crippen MR) is 95.6 cm³/mol. The van der Waals surface area contributed by atoms with Gasteiger partial charge in [0.1, 0.15) is 11.3 Å². The number of likely N-dealkylation sites (tertiary alicyclic amines) is 1. The van der Waals surface area contributed by atoms with Crippen LogP contribution in [0.1, 0.15) is 33.1 Å². The lowest BCUT2D eigenvalue weighted by Gasteiger charge is -2.38. The Kier molecular flexibility index (Phi) is 5.15. The van der Waals surface area contributed by atoms with Crippen LogP contribution < -0.4 is 10.1 Å². The van der Waals surface area contributed by atoms with E-state index in [2.05, 4.69) is 5.32 Å². The van der Waals surface area contributed by atoms with Crippen molar-refractivity contribution in [1.82, 2.24) is 15.1 Å². The van der Waals surface area contributed by atoms with Crippen molar-refractivity contribution in [3.05, 3.63) is 30.3 Å². The molecule has 7 heteroatoms. The van der Waals surface area contributed by atoms with Crippen molar-refractivity contribution in [2.24, 2.45) is 0 Å². The predicted octanol–water partition coefficient (Wildman–Crippen LogP) is 1.78. The van der Waals surface area contributed by atoms with Gasteiger partial charge >= 0.3 is 6.03 Å². The Hall–Kier alpha value is -2.57. The Bertz CT molecular complexity index is 683. The molecule has 1 aromatic rings. The topological polar surface area (TPSA) is 79.0 Å². The van der Waals surface area contributed by atoms with E-state index >= 15 is 0 Å². The number of ether oxygens (including phenoxy) is 1. The quantitative estimate of drug-likeness (QED) is 0.813. The van der Waals surface area contributed by atoms with Crippen LogP contribution in [-0.4, -0.2) is 58.9 Å². The van der Waals surface area contributed by atoms with Crippen LogP contribution in [-0.2, 0) is 9.59 Å². The molecular formula is C19H25N3O4. The number of amides is 4. The van der Waals surface area contributed by atoms with Gasteiger partial charge in [-0.05, 0) is 38.3 Å². The lowest BCUT2D eigenvalue weighted by atomic mass is 9.87. The summed E-state index contributed by atoms with van der Waals surface area (Å²) in [5.41, 5.74) is -0.855. The number of imide groups is 1. The van der Waals surface area contributed by atoms with Gasteiger partial charge in [0.05, 0.1) is 0 Å². The van der Waals surface area contributed by atoms with Crippen LogP contribution in [0.25, 0.3) is 0 Å². The van der Waals surface area contributed by atoms with Gasteiger partial charge in [0.25, 0.3) is 11.8 Å². The molecule has 2 saturated heterocycles. The third-order valence-electron chi connectivity index (χ3n) is 5.03. The second kappa shape index (κ2) is 7.35. The maximum atomic E-state index is 12.6. The molecule has 0 aromatic heterocycles. The summed E-state index contributed by atoms with van der Waals surface area (Å²) in [7, 11) is 0. The Morgan fingerprint density at radius 1 is 1.23 bits per heavy atom. The van der Waals surface area contributed by atoms with Gasteiger partial charge in [0, 0.05) is 19.6 Å². The number of urea groups is 1. The number of hydrogen-bond donors (Lipinski definition) is 1. The first-order chi connectivity index (χ1) is 12.5. The highest BCUT2D eigenvalue weighted by molar-refractivity contribution is 6.07. The molecule has 2 aliphatic rings. The largest absolute Gasteiger partial charge is 0.481 e. The minimum atomic E-state index is -0.855. The molecule has 2 heterocycles. The molecule has 0 radical (unpaired) electrons. The molecule has 0 bridgehead atoms. The molecule has 4 amide bonds. The smallest absolute Gasteiger partial charge is 0.325 e. The Balaban J connectivity index is 1.59. The molecule has 0 saturated carbocycles. The summed E-state index contributed by atoms with van der Waals surface area (Å²) in [6, 6.07) is 8.89. The van der Waals surface area contributed by atoms with Gasteiger partial charge in [-0.15, -0.1) is 0 Å². The molecule has 7 nitrogen and oxygen atoms in total. The summed E-state index contributed by atoms with van der Waals surface area (Å²) in [5.74, 6) is 0.381. The van der Waals surface area contributed by atoms with Crippen LogP contribution in [0.4, 0.5) is 4.79 Å². The maximum absolute atomic E-state index is 12.6. The first-order valence-corrected chi connectivity index (χ1v) is 9.11. The minimum absolute atomic E-state index is 0.106. The van der Waals surface area contributed by atoms with E-state index < -0.39 is 11.6 Å². The van der Waals surface area contributed by atoms with Crippen molar-refractivity contribution in [1.29, 1.82) is 0 Å². The summed E-state index contributed by atoms with van der Waals surface area (Å²) < 4.78 is 5.70. The van der Waals surface area contributed by atoms with Gasteiger partial charge in [-0.3, -0.25) is 14.5 Å². The van der Waals surface area contributed by atoms with E-state index in [1.165, 1.54) is 4.90 Å². The van der Waals surface area contributed by atoms with Gasteiger partial charge < -0.3 is 15.0 Å². The SMILES string of the molecule is CCCN1C(=O)NC2(CCN(C(=O)C(C)Oc3ccccc3)CC2)C1=O. The number of rotatable bonds is 5. The molecule has 140 valence electrons. The van der Waals surface area contributed by atoms with Crippen molar-refractivity contribution in [3.63, 3.8) is 0 Å². The Morgan fingerprint density at radius 3 is 2.50 bits per heavy atom. The van der Waals surface area contributed by atoms with Gasteiger partial charge in [0.15, 0.2) is 6.10 Å². The molecule has 3 rings (SSSR count). The first kappa shape index (κ1) is 18.2. The van der Waals surface area contributed by atoms with Crippen LogP contribution in [0.15, 0.2) is 30.3 Å². The summed E-state index contributed by atoms with van der Waals surface area (Å²) >= 11 is 0. The van der Waals surface area contributed by atoms with Crippen molar-refractivity contribution < 1.29 is 19.1 Å². The first-order valence-electron chi connectivity index (χ1n) is 9.11. The van der Waals surface area contributed by atoms with Crippen LogP contribution >= 0.6 is 0 Å². The molecule has 0 aliphatic carbocycles. The number of benzene rings is 1. The third-order valence-corrected chi connectivity index (χ3v) is 5.03. The van der Waals surface area contributed by atoms with Crippen molar-refractivity contribution in [2.75, 3.05) is 19.6 Å². The third kappa shape index (κ3) is 3.38. The van der Waals surface area contributed by atoms with Gasteiger partial charge in [-0.1, -0.05) is 25.1 Å². The average molecular weight is 359 g/mol. The van der Waals surface area contributed by atoms with Gasteiger partial charge in [0.2, 0.25) is 0 Å².